The number of hydrogen-bond acceptors (Lipinski definition) is 3. The van der Waals surface area contributed by atoms with E-state index in [1.807, 2.05) is 13.1 Å². The van der Waals surface area contributed by atoms with E-state index in [-0.39, 0.29) is 0 Å². The molecule has 5 heteroatoms. The number of anilines is 2. The summed E-state index contributed by atoms with van der Waals surface area (Å²) in [5.41, 5.74) is 8.28. The van der Waals surface area contributed by atoms with Gasteiger partial charge in [0.2, 0.25) is 0 Å². The van der Waals surface area contributed by atoms with Crippen LogP contribution in [0.3, 0.4) is 0 Å². The highest BCUT2D eigenvalue weighted by Gasteiger charge is 2.22. The Hall–Kier alpha value is -6.98. The van der Waals surface area contributed by atoms with Gasteiger partial charge in [0.15, 0.2) is 5.84 Å². The molecule has 0 aliphatic carbocycles. The molecule has 0 fully saturated rings. The van der Waals surface area contributed by atoms with Crippen molar-refractivity contribution in [3.8, 4) is 0 Å². The lowest BCUT2D eigenvalue weighted by molar-refractivity contribution is 0.428. The number of fused-ring (bicyclic) bond motifs is 8. The van der Waals surface area contributed by atoms with Crippen LogP contribution >= 0.6 is 0 Å². The minimum atomic E-state index is 0.424. The number of nitrogens with zero attached hydrogens (tertiary/aromatic N) is 2. The number of allylic oxidation sites excluding steroid dienone is 1. The third-order valence-corrected chi connectivity index (χ3v) is 12.6. The van der Waals surface area contributed by atoms with Crippen LogP contribution in [-0.4, -0.2) is 25.3 Å². The second-order valence-electron chi connectivity index (χ2n) is 16.7. The first-order valence-corrected chi connectivity index (χ1v) is 22.0. The molecule has 2 atom stereocenters. The molecule has 0 aliphatic heterocycles. The predicted octanol–water partition coefficient (Wildman–Crippen LogP) is 15.1. The van der Waals surface area contributed by atoms with E-state index in [4.69, 9.17) is 14.4 Å². The summed E-state index contributed by atoms with van der Waals surface area (Å²) in [5, 5.41) is 18.8. The van der Waals surface area contributed by atoms with Crippen LogP contribution in [0.5, 0.6) is 0 Å². The summed E-state index contributed by atoms with van der Waals surface area (Å²) < 4.78 is 6.70. The monoisotopic (exact) mass is 810 g/mol. The lowest BCUT2D eigenvalue weighted by atomic mass is 9.83. The van der Waals surface area contributed by atoms with Gasteiger partial charge in [-0.15, -0.1) is 6.58 Å². The van der Waals surface area contributed by atoms with Crippen molar-refractivity contribution >= 4 is 88.1 Å². The van der Waals surface area contributed by atoms with Crippen molar-refractivity contribution in [3.05, 3.63) is 181 Å². The van der Waals surface area contributed by atoms with E-state index in [2.05, 4.69) is 184 Å². The Balaban J connectivity index is 1.18. The van der Waals surface area contributed by atoms with Crippen molar-refractivity contribution in [2.75, 3.05) is 18.9 Å². The molecule has 308 valence electrons. The lowest BCUT2D eigenvalue weighted by Crippen LogP contribution is -2.22. The summed E-state index contributed by atoms with van der Waals surface area (Å²) in [7, 11) is 1.94. The summed E-state index contributed by atoms with van der Waals surface area (Å²) in [4.78, 5) is 10.5. The Morgan fingerprint density at radius 1 is 0.710 bits per heavy atom. The summed E-state index contributed by atoms with van der Waals surface area (Å²) in [6.45, 7) is 15.9. The van der Waals surface area contributed by atoms with Crippen molar-refractivity contribution in [2.24, 2.45) is 21.8 Å². The van der Waals surface area contributed by atoms with E-state index < -0.39 is 0 Å². The molecule has 1 aromatic heterocycles. The van der Waals surface area contributed by atoms with Crippen LogP contribution in [0.15, 0.2) is 179 Å². The molecule has 9 aromatic rings. The van der Waals surface area contributed by atoms with Crippen LogP contribution in [0.4, 0.5) is 11.4 Å². The highest BCUT2D eigenvalue weighted by molar-refractivity contribution is 6.27. The molecule has 0 unspecified atom stereocenters. The van der Waals surface area contributed by atoms with Crippen LogP contribution in [0, 0.1) is 11.8 Å². The maximum atomic E-state index is 6.70. The topological polar surface area (TPSA) is 61.9 Å². The first-order chi connectivity index (χ1) is 30.3. The van der Waals surface area contributed by atoms with E-state index in [1.165, 1.54) is 43.5 Å². The Labute approximate surface area is 364 Å². The van der Waals surface area contributed by atoms with Crippen LogP contribution in [0.25, 0.3) is 65.0 Å². The fourth-order valence-corrected chi connectivity index (χ4v) is 9.07. The average Bonchev–Trinajstić information content (AvgIpc) is 3.66. The molecule has 8 aromatic carbocycles. The van der Waals surface area contributed by atoms with Gasteiger partial charge in [-0.3, -0.25) is 4.99 Å². The number of amidine groups is 2. The Morgan fingerprint density at radius 2 is 1.40 bits per heavy atom. The van der Waals surface area contributed by atoms with E-state index >= 15 is 0 Å². The van der Waals surface area contributed by atoms with Gasteiger partial charge >= 0.3 is 0 Å². The first kappa shape index (κ1) is 40.4. The summed E-state index contributed by atoms with van der Waals surface area (Å²) >= 11 is 0. The number of nitrogens with one attached hydrogen (secondary N) is 2. The van der Waals surface area contributed by atoms with Gasteiger partial charge in [0.1, 0.15) is 17.0 Å². The average molecular weight is 811 g/mol. The quantitative estimate of drug-likeness (QED) is 0.0401. The molecule has 0 amide bonds. The standard InChI is InChI=1S/C57H54N4O/c1-7-9-29-59-56(44-26-25-40-24-23-39-17-12-14-21-47(39)49(40)32-44)61-57(58-6)55-48-22-15-13-20-43(48)34-53-54(55)50-35-46(27-28-52(50)62-53)60-51-33-42-19-11-10-18-41(42)31-45(51)30-37(4)38(5)36(3)16-8-2/h7,10-15,17-28,31-35,37-38,60H,1,3,8-9,16,29-30H2,2,4-6H3,(H,58,59,61)/t37-,38-/m0/s1. The molecular formula is C57H54N4O. The van der Waals surface area contributed by atoms with Gasteiger partial charge in [-0.05, 0) is 122 Å². The Kier molecular flexibility index (Phi) is 11.4. The molecule has 0 radical (unpaired) electrons. The summed E-state index contributed by atoms with van der Waals surface area (Å²) in [6, 6.07) is 49.8. The van der Waals surface area contributed by atoms with E-state index in [9.17, 15) is 0 Å². The molecule has 0 spiro atoms. The maximum absolute atomic E-state index is 6.70. The van der Waals surface area contributed by atoms with Crippen LogP contribution in [-0.2, 0) is 6.42 Å². The normalized spacial score (nSPS) is 13.4. The van der Waals surface area contributed by atoms with Crippen LogP contribution in [0.1, 0.15) is 56.7 Å². The minimum absolute atomic E-state index is 0.424. The van der Waals surface area contributed by atoms with Gasteiger partial charge in [0, 0.05) is 46.9 Å². The zero-order valence-corrected chi connectivity index (χ0v) is 36.3. The second kappa shape index (κ2) is 17.6. The molecule has 0 bridgehead atoms. The van der Waals surface area contributed by atoms with Crippen LogP contribution in [0.2, 0.25) is 0 Å². The smallest absolute Gasteiger partial charge is 0.157 e. The van der Waals surface area contributed by atoms with Gasteiger partial charge in [0.05, 0.1) is 0 Å². The first-order valence-electron chi connectivity index (χ1n) is 22.0. The molecule has 0 saturated heterocycles. The summed E-state index contributed by atoms with van der Waals surface area (Å²) in [5.74, 6) is 2.24. The number of benzene rings is 8. The van der Waals surface area contributed by atoms with E-state index in [0.717, 1.165) is 80.9 Å². The zero-order valence-electron chi connectivity index (χ0n) is 36.3. The van der Waals surface area contributed by atoms with Crippen molar-refractivity contribution < 1.29 is 4.42 Å². The second-order valence-corrected chi connectivity index (χ2v) is 16.7. The number of hydrogen-bond donors (Lipinski definition) is 2. The lowest BCUT2D eigenvalue weighted by Gasteiger charge is -2.24. The van der Waals surface area contributed by atoms with Gasteiger partial charge in [-0.2, -0.15) is 0 Å². The van der Waals surface area contributed by atoms with Gasteiger partial charge in [0.25, 0.3) is 0 Å². The minimum Gasteiger partial charge on any atom is -0.456 e. The van der Waals surface area contributed by atoms with Crippen molar-refractivity contribution in [1.82, 2.24) is 5.32 Å². The molecule has 62 heavy (non-hydrogen) atoms. The fraction of sp³-hybridized carbons (Fsp3) is 0.193. The molecule has 9 rings (SSSR count). The van der Waals surface area contributed by atoms with Crippen molar-refractivity contribution in [2.45, 2.75) is 46.5 Å². The molecule has 2 N–H and O–H groups in total. The van der Waals surface area contributed by atoms with Gasteiger partial charge in [-0.1, -0.05) is 142 Å². The molecule has 1 heterocycles. The SMILES string of the molecule is C=CCC/N=C(\N=C(/NC)c1c2ccccc2cc2oc3ccc(Nc4cc5ccccc5cc4C[C@H](C)[C@@H](C)C(=C)CCC)cc3c12)c1ccc2ccc3ccccc3c2c1. The number of rotatable bonds is 13. The number of furan rings is 1. The fourth-order valence-electron chi connectivity index (χ4n) is 9.07. The summed E-state index contributed by atoms with van der Waals surface area (Å²) in [6.07, 6.45) is 5.78. The van der Waals surface area contributed by atoms with Gasteiger partial charge < -0.3 is 15.1 Å². The van der Waals surface area contributed by atoms with Crippen LogP contribution < -0.4 is 10.6 Å². The highest BCUT2D eigenvalue weighted by Crippen LogP contribution is 2.39. The van der Waals surface area contributed by atoms with Crippen molar-refractivity contribution in [3.63, 3.8) is 0 Å². The van der Waals surface area contributed by atoms with E-state index in [1.54, 1.807) is 0 Å². The van der Waals surface area contributed by atoms with Crippen molar-refractivity contribution in [1.29, 1.82) is 0 Å². The largest absolute Gasteiger partial charge is 0.456 e. The zero-order chi connectivity index (χ0) is 42.7. The Morgan fingerprint density at radius 3 is 2.16 bits per heavy atom. The number of aliphatic imine (C=N–C) groups is 2. The maximum Gasteiger partial charge on any atom is 0.157 e. The molecule has 5 nitrogen and oxygen atoms in total. The highest BCUT2D eigenvalue weighted by atomic mass is 16.3. The van der Waals surface area contributed by atoms with Gasteiger partial charge in [-0.25, -0.2) is 4.99 Å². The Bertz CT molecular complexity index is 3220. The predicted molar refractivity (Wildman–Crippen MR) is 268 cm³/mol. The third kappa shape index (κ3) is 7.87. The molecule has 0 aliphatic rings. The third-order valence-electron chi connectivity index (χ3n) is 12.6. The molecular weight excluding hydrogens is 757 g/mol. The van der Waals surface area contributed by atoms with E-state index in [0.29, 0.717) is 30.1 Å². The molecule has 0 saturated carbocycles.